The molecule has 0 aliphatic carbocycles. The van der Waals surface area contributed by atoms with E-state index in [2.05, 4.69) is 0 Å². The van der Waals surface area contributed by atoms with Gasteiger partial charge in [0.1, 0.15) is 5.82 Å². The number of benzene rings is 2. The van der Waals surface area contributed by atoms with Gasteiger partial charge in [0.05, 0.1) is 22.2 Å². The van der Waals surface area contributed by atoms with Gasteiger partial charge in [0, 0.05) is 0 Å². The van der Waals surface area contributed by atoms with Gasteiger partial charge in [-0.2, -0.15) is 5.26 Å². The number of hydrogen-bond donors (Lipinski definition) is 0. The second-order valence-corrected chi connectivity index (χ2v) is 6.40. The van der Waals surface area contributed by atoms with Crippen molar-refractivity contribution in [3.05, 3.63) is 70.4 Å². The molecule has 0 radical (unpaired) electrons. The maximum Gasteiger partial charge on any atom is 0.270 e. The molecule has 0 bridgehead atoms. The van der Waals surface area contributed by atoms with Crippen molar-refractivity contribution in [2.75, 3.05) is 4.90 Å². The van der Waals surface area contributed by atoms with Crippen molar-refractivity contribution >= 4 is 46.0 Å². The van der Waals surface area contributed by atoms with E-state index in [-0.39, 0.29) is 11.7 Å². The van der Waals surface area contributed by atoms with Crippen molar-refractivity contribution in [2.45, 2.75) is 0 Å². The summed E-state index contributed by atoms with van der Waals surface area (Å²) in [7, 11) is 0. The molecular formula is C17H9FN2OS2. The largest absolute Gasteiger partial charge is 0.270 e. The molecular weight excluding hydrogens is 331 g/mol. The van der Waals surface area contributed by atoms with Crippen molar-refractivity contribution in [3.63, 3.8) is 0 Å². The highest BCUT2D eigenvalue weighted by molar-refractivity contribution is 8.27. The van der Waals surface area contributed by atoms with Crippen LogP contribution < -0.4 is 4.90 Å². The van der Waals surface area contributed by atoms with Gasteiger partial charge in [0.2, 0.25) is 0 Å². The van der Waals surface area contributed by atoms with Crippen LogP contribution in [0.5, 0.6) is 0 Å². The van der Waals surface area contributed by atoms with Crippen LogP contribution in [0.15, 0.2) is 53.4 Å². The Labute approximate surface area is 142 Å². The monoisotopic (exact) mass is 340 g/mol. The van der Waals surface area contributed by atoms with Crippen molar-refractivity contribution < 1.29 is 9.18 Å². The summed E-state index contributed by atoms with van der Waals surface area (Å²) >= 11 is 6.45. The van der Waals surface area contributed by atoms with Gasteiger partial charge in [0.15, 0.2) is 4.32 Å². The maximum atomic E-state index is 13.0. The van der Waals surface area contributed by atoms with Gasteiger partial charge >= 0.3 is 0 Å². The number of rotatable bonds is 2. The van der Waals surface area contributed by atoms with Crippen molar-refractivity contribution in [2.24, 2.45) is 0 Å². The first-order chi connectivity index (χ1) is 11.1. The average molecular weight is 340 g/mol. The van der Waals surface area contributed by atoms with E-state index >= 15 is 0 Å². The van der Waals surface area contributed by atoms with Gasteiger partial charge in [-0.3, -0.25) is 9.69 Å². The van der Waals surface area contributed by atoms with Gasteiger partial charge in [-0.25, -0.2) is 4.39 Å². The molecule has 3 rings (SSSR count). The Hall–Kier alpha value is -2.49. The number of nitrogens with zero attached hydrogens (tertiary/aromatic N) is 2. The molecule has 0 aromatic heterocycles. The highest BCUT2D eigenvalue weighted by Gasteiger charge is 2.33. The third-order valence-electron chi connectivity index (χ3n) is 3.22. The van der Waals surface area contributed by atoms with Crippen LogP contribution in [-0.4, -0.2) is 10.2 Å². The summed E-state index contributed by atoms with van der Waals surface area (Å²) in [6.45, 7) is 0. The zero-order chi connectivity index (χ0) is 16.4. The number of thioether (sulfide) groups is 1. The van der Waals surface area contributed by atoms with Crippen LogP contribution in [0.3, 0.4) is 0 Å². The third kappa shape index (κ3) is 3.16. The first-order valence-corrected chi connectivity index (χ1v) is 7.84. The molecule has 0 unspecified atom stereocenters. The summed E-state index contributed by atoms with van der Waals surface area (Å²) in [5.74, 6) is -0.608. The molecule has 1 fully saturated rings. The van der Waals surface area contributed by atoms with E-state index in [1.165, 1.54) is 40.9 Å². The van der Waals surface area contributed by atoms with Crippen LogP contribution >= 0.6 is 24.0 Å². The van der Waals surface area contributed by atoms with E-state index in [0.717, 1.165) is 5.56 Å². The van der Waals surface area contributed by atoms with E-state index in [0.29, 0.717) is 20.5 Å². The lowest BCUT2D eigenvalue weighted by Gasteiger charge is -2.14. The zero-order valence-corrected chi connectivity index (χ0v) is 13.3. The quantitative estimate of drug-likeness (QED) is 0.610. The van der Waals surface area contributed by atoms with E-state index < -0.39 is 0 Å². The number of anilines is 1. The molecule has 0 saturated carbocycles. The summed E-state index contributed by atoms with van der Waals surface area (Å²) in [6, 6.07) is 14.6. The lowest BCUT2D eigenvalue weighted by Crippen LogP contribution is -2.27. The fourth-order valence-corrected chi connectivity index (χ4v) is 3.38. The fraction of sp³-hybridized carbons (Fsp3) is 0. The Morgan fingerprint density at radius 2 is 1.78 bits per heavy atom. The number of amides is 1. The molecule has 112 valence electrons. The molecule has 2 aromatic rings. The highest BCUT2D eigenvalue weighted by atomic mass is 32.2. The Kier molecular flexibility index (Phi) is 4.24. The lowest BCUT2D eigenvalue weighted by molar-refractivity contribution is -0.113. The molecule has 6 heteroatoms. The predicted octanol–water partition coefficient (Wildman–Crippen LogP) is 4.10. The molecule has 0 atom stereocenters. The van der Waals surface area contributed by atoms with Gasteiger partial charge in [0.25, 0.3) is 5.91 Å². The first kappa shape index (κ1) is 15.4. The Bertz CT molecular complexity index is 852. The Morgan fingerprint density at radius 3 is 2.39 bits per heavy atom. The maximum absolute atomic E-state index is 13.0. The smallest absolute Gasteiger partial charge is 0.268 e. The third-order valence-corrected chi connectivity index (χ3v) is 4.52. The van der Waals surface area contributed by atoms with Crippen LogP contribution in [0, 0.1) is 17.1 Å². The summed E-state index contributed by atoms with van der Waals surface area (Å²) in [5.41, 5.74) is 1.90. The second kappa shape index (κ2) is 6.32. The Balaban J connectivity index is 1.89. The highest BCUT2D eigenvalue weighted by Crippen LogP contribution is 2.35. The summed E-state index contributed by atoms with van der Waals surface area (Å²) in [4.78, 5) is 14.4. The van der Waals surface area contributed by atoms with Crippen LogP contribution in [-0.2, 0) is 4.79 Å². The number of halogens is 1. The molecule has 23 heavy (non-hydrogen) atoms. The number of carbonyl (C=O) groups excluding carboxylic acids is 1. The summed E-state index contributed by atoms with van der Waals surface area (Å²) in [5, 5.41) is 8.80. The molecule has 1 saturated heterocycles. The van der Waals surface area contributed by atoms with E-state index in [1.54, 1.807) is 30.3 Å². The standard InChI is InChI=1S/C17H9FN2OS2/c18-13-5-7-14(8-6-13)20-16(21)15(23-17(20)22)9-11-1-3-12(10-19)4-2-11/h1-9H/b15-9-. The lowest BCUT2D eigenvalue weighted by atomic mass is 10.1. The normalized spacial score (nSPS) is 16.0. The molecule has 0 spiro atoms. The van der Waals surface area contributed by atoms with Crippen molar-refractivity contribution in [1.82, 2.24) is 0 Å². The van der Waals surface area contributed by atoms with E-state index in [1.807, 2.05) is 6.07 Å². The first-order valence-electron chi connectivity index (χ1n) is 6.62. The van der Waals surface area contributed by atoms with E-state index in [9.17, 15) is 9.18 Å². The summed E-state index contributed by atoms with van der Waals surface area (Å²) < 4.78 is 13.4. The molecule has 0 N–H and O–H groups in total. The number of thiocarbonyl (C=S) groups is 1. The predicted molar refractivity (Wildman–Crippen MR) is 93.2 cm³/mol. The van der Waals surface area contributed by atoms with E-state index in [4.69, 9.17) is 17.5 Å². The van der Waals surface area contributed by atoms with Crippen molar-refractivity contribution in [1.29, 1.82) is 5.26 Å². The SMILES string of the molecule is N#Cc1ccc(/C=C2\SC(=S)N(c3ccc(F)cc3)C2=O)cc1. The van der Waals surface area contributed by atoms with Gasteiger partial charge in [-0.05, 0) is 48.0 Å². The molecule has 1 amide bonds. The van der Waals surface area contributed by atoms with Gasteiger partial charge in [-0.1, -0.05) is 36.1 Å². The van der Waals surface area contributed by atoms with Gasteiger partial charge in [-0.15, -0.1) is 0 Å². The molecule has 2 aromatic carbocycles. The number of nitriles is 1. The summed E-state index contributed by atoms with van der Waals surface area (Å²) in [6.07, 6.45) is 1.73. The minimum atomic E-state index is -0.368. The second-order valence-electron chi connectivity index (χ2n) is 4.73. The van der Waals surface area contributed by atoms with Gasteiger partial charge < -0.3 is 0 Å². The fourth-order valence-electron chi connectivity index (χ4n) is 2.09. The number of carbonyl (C=O) groups is 1. The zero-order valence-electron chi connectivity index (χ0n) is 11.7. The molecule has 3 nitrogen and oxygen atoms in total. The molecule has 1 aliphatic rings. The van der Waals surface area contributed by atoms with Crippen LogP contribution in [0.1, 0.15) is 11.1 Å². The number of hydrogen-bond acceptors (Lipinski definition) is 4. The minimum Gasteiger partial charge on any atom is -0.268 e. The van der Waals surface area contributed by atoms with Crippen LogP contribution in [0.4, 0.5) is 10.1 Å². The topological polar surface area (TPSA) is 44.1 Å². The Morgan fingerprint density at radius 1 is 1.13 bits per heavy atom. The average Bonchev–Trinajstić information content (AvgIpc) is 2.83. The molecule has 1 aliphatic heterocycles. The van der Waals surface area contributed by atoms with Crippen molar-refractivity contribution in [3.8, 4) is 6.07 Å². The minimum absolute atomic E-state index is 0.240. The van der Waals surface area contributed by atoms with Crippen LogP contribution in [0.2, 0.25) is 0 Å². The molecule has 1 heterocycles. The van der Waals surface area contributed by atoms with Crippen LogP contribution in [0.25, 0.3) is 6.08 Å².